The number of hydrogen-bond donors (Lipinski definition) is 2. The van der Waals surface area contributed by atoms with Crippen molar-refractivity contribution in [1.29, 1.82) is 0 Å². The van der Waals surface area contributed by atoms with Crippen LogP contribution in [-0.2, 0) is 22.6 Å². The number of aromatic nitrogens is 1. The van der Waals surface area contributed by atoms with E-state index >= 15 is 0 Å². The lowest BCUT2D eigenvalue weighted by atomic mass is 9.97. The number of pyridine rings is 1. The van der Waals surface area contributed by atoms with Crippen molar-refractivity contribution in [2.75, 3.05) is 18.4 Å². The van der Waals surface area contributed by atoms with Gasteiger partial charge in [-0.05, 0) is 47.7 Å². The third-order valence-electron chi connectivity index (χ3n) is 5.73. The number of aryl methyl sites for hydroxylation is 1. The minimum Gasteiger partial charge on any atom is -0.346 e. The Bertz CT molecular complexity index is 1070. The van der Waals surface area contributed by atoms with Gasteiger partial charge in [0.1, 0.15) is 0 Å². The zero-order valence-electron chi connectivity index (χ0n) is 17.5. The second-order valence-electron chi connectivity index (χ2n) is 7.77. The van der Waals surface area contributed by atoms with Gasteiger partial charge >= 0.3 is 11.8 Å². The van der Waals surface area contributed by atoms with E-state index < -0.39 is 11.8 Å². The predicted octanol–water partition coefficient (Wildman–Crippen LogP) is 3.24. The summed E-state index contributed by atoms with van der Waals surface area (Å²) in [6.07, 6.45) is 4.51. The predicted molar refractivity (Wildman–Crippen MR) is 120 cm³/mol. The summed E-state index contributed by atoms with van der Waals surface area (Å²) >= 11 is 0. The Balaban J connectivity index is 1.45. The van der Waals surface area contributed by atoms with E-state index in [1.54, 1.807) is 12.3 Å². The van der Waals surface area contributed by atoms with E-state index in [-0.39, 0.29) is 6.04 Å². The highest BCUT2D eigenvalue weighted by Gasteiger charge is 2.26. The number of carbonyl (C=O) groups excluding carboxylic acids is 2. The molecule has 158 valence electrons. The van der Waals surface area contributed by atoms with Gasteiger partial charge in [-0.1, -0.05) is 48.5 Å². The van der Waals surface area contributed by atoms with Gasteiger partial charge in [-0.2, -0.15) is 0 Å². The molecule has 6 heteroatoms. The van der Waals surface area contributed by atoms with E-state index in [4.69, 9.17) is 0 Å². The van der Waals surface area contributed by atoms with Gasteiger partial charge in [0.15, 0.2) is 0 Å². The number of carbonyl (C=O) groups is 2. The van der Waals surface area contributed by atoms with E-state index in [1.807, 2.05) is 43.5 Å². The van der Waals surface area contributed by atoms with Gasteiger partial charge in [0.2, 0.25) is 0 Å². The molecular formula is C25H26N4O2. The van der Waals surface area contributed by atoms with E-state index in [0.29, 0.717) is 12.2 Å². The van der Waals surface area contributed by atoms with Crippen LogP contribution >= 0.6 is 0 Å². The molecule has 31 heavy (non-hydrogen) atoms. The molecule has 2 N–H and O–H groups in total. The van der Waals surface area contributed by atoms with Gasteiger partial charge in [-0.3, -0.25) is 19.5 Å². The number of benzene rings is 2. The second-order valence-corrected chi connectivity index (χ2v) is 7.77. The number of para-hydroxylation sites is 1. The third kappa shape index (κ3) is 4.98. The first kappa shape index (κ1) is 20.8. The van der Waals surface area contributed by atoms with Gasteiger partial charge in [0.25, 0.3) is 0 Å². The zero-order valence-corrected chi connectivity index (χ0v) is 17.5. The quantitative estimate of drug-likeness (QED) is 0.629. The van der Waals surface area contributed by atoms with Gasteiger partial charge in [-0.15, -0.1) is 0 Å². The summed E-state index contributed by atoms with van der Waals surface area (Å²) in [5.41, 5.74) is 5.22. The molecule has 0 spiro atoms. The van der Waals surface area contributed by atoms with E-state index in [1.165, 1.54) is 11.1 Å². The van der Waals surface area contributed by atoms with Crippen molar-refractivity contribution in [2.45, 2.75) is 25.9 Å². The molecule has 0 bridgehead atoms. The standard InChI is InChI=1S/C25H26N4O2/c1-18-7-2-5-11-22(18)28-25(31)24(30)27-16-23(20-10-6-13-26-15-20)29-14-12-19-8-3-4-9-21(19)17-29/h2-11,13,15,23H,12,14,16-17H2,1H3,(H,27,30)(H,28,31). The molecule has 1 unspecified atom stereocenters. The van der Waals surface area contributed by atoms with Crippen LogP contribution < -0.4 is 10.6 Å². The molecular weight excluding hydrogens is 388 g/mol. The summed E-state index contributed by atoms with van der Waals surface area (Å²) in [7, 11) is 0. The molecule has 0 fully saturated rings. The van der Waals surface area contributed by atoms with Gasteiger partial charge < -0.3 is 10.6 Å². The number of hydrogen-bond acceptors (Lipinski definition) is 4. The fraction of sp³-hybridized carbons (Fsp3) is 0.240. The number of nitrogens with zero attached hydrogens (tertiary/aromatic N) is 2. The van der Waals surface area contributed by atoms with Gasteiger partial charge in [-0.25, -0.2) is 0 Å². The number of fused-ring (bicyclic) bond motifs is 1. The average Bonchev–Trinajstić information content (AvgIpc) is 2.81. The van der Waals surface area contributed by atoms with Crippen molar-refractivity contribution >= 4 is 17.5 Å². The summed E-state index contributed by atoms with van der Waals surface area (Å²) in [6.45, 7) is 3.89. The van der Waals surface area contributed by atoms with Crippen molar-refractivity contribution < 1.29 is 9.59 Å². The molecule has 1 atom stereocenters. The van der Waals surface area contributed by atoms with Crippen LogP contribution in [-0.4, -0.2) is 34.8 Å². The molecule has 1 aromatic heterocycles. The van der Waals surface area contributed by atoms with Crippen molar-refractivity contribution in [3.63, 3.8) is 0 Å². The number of amides is 2. The van der Waals surface area contributed by atoms with E-state index in [9.17, 15) is 9.59 Å². The first-order valence-electron chi connectivity index (χ1n) is 10.5. The van der Waals surface area contributed by atoms with Crippen LogP contribution in [0.25, 0.3) is 0 Å². The molecule has 6 nitrogen and oxygen atoms in total. The first-order valence-corrected chi connectivity index (χ1v) is 10.5. The Morgan fingerprint density at radius 1 is 1.00 bits per heavy atom. The molecule has 2 amide bonds. The van der Waals surface area contributed by atoms with Crippen LogP contribution in [0.1, 0.15) is 28.3 Å². The SMILES string of the molecule is Cc1ccccc1NC(=O)C(=O)NCC(c1cccnc1)N1CCc2ccccc2C1. The fourth-order valence-electron chi connectivity index (χ4n) is 3.98. The molecule has 4 rings (SSSR count). The number of rotatable bonds is 5. The molecule has 0 aliphatic carbocycles. The van der Waals surface area contributed by atoms with Crippen LogP contribution in [0.15, 0.2) is 73.1 Å². The second kappa shape index (κ2) is 9.53. The minimum absolute atomic E-state index is 0.0720. The summed E-state index contributed by atoms with van der Waals surface area (Å²) in [5, 5.41) is 5.51. The lowest BCUT2D eigenvalue weighted by Gasteiger charge is -2.35. The highest BCUT2D eigenvalue weighted by atomic mass is 16.2. The molecule has 2 heterocycles. The monoisotopic (exact) mass is 414 g/mol. The maximum atomic E-state index is 12.5. The van der Waals surface area contributed by atoms with Crippen LogP contribution in [0.3, 0.4) is 0 Å². The maximum Gasteiger partial charge on any atom is 0.313 e. The van der Waals surface area contributed by atoms with Crippen LogP contribution in [0, 0.1) is 6.92 Å². The molecule has 1 aliphatic rings. The van der Waals surface area contributed by atoms with Crippen LogP contribution in [0.2, 0.25) is 0 Å². The van der Waals surface area contributed by atoms with Crippen molar-refractivity contribution in [1.82, 2.24) is 15.2 Å². The van der Waals surface area contributed by atoms with Crippen molar-refractivity contribution in [3.05, 3.63) is 95.3 Å². The van der Waals surface area contributed by atoms with Crippen molar-refractivity contribution in [2.24, 2.45) is 0 Å². The first-order chi connectivity index (χ1) is 15.1. The highest BCUT2D eigenvalue weighted by Crippen LogP contribution is 2.27. The molecule has 0 radical (unpaired) electrons. The summed E-state index contributed by atoms with van der Waals surface area (Å²) in [6, 6.07) is 19.7. The Kier molecular flexibility index (Phi) is 6.38. The smallest absolute Gasteiger partial charge is 0.313 e. The third-order valence-corrected chi connectivity index (χ3v) is 5.73. The fourth-order valence-corrected chi connectivity index (χ4v) is 3.98. The minimum atomic E-state index is -0.664. The number of nitrogens with one attached hydrogen (secondary N) is 2. The topological polar surface area (TPSA) is 74.3 Å². The summed E-state index contributed by atoms with van der Waals surface area (Å²) in [4.78, 5) is 31.5. The Morgan fingerprint density at radius 3 is 2.55 bits per heavy atom. The molecule has 3 aromatic rings. The summed E-state index contributed by atoms with van der Waals surface area (Å²) < 4.78 is 0. The molecule has 1 aliphatic heterocycles. The highest BCUT2D eigenvalue weighted by molar-refractivity contribution is 6.39. The van der Waals surface area contributed by atoms with Crippen molar-refractivity contribution in [3.8, 4) is 0 Å². The number of anilines is 1. The largest absolute Gasteiger partial charge is 0.346 e. The lowest BCUT2D eigenvalue weighted by Crippen LogP contribution is -2.43. The lowest BCUT2D eigenvalue weighted by molar-refractivity contribution is -0.136. The maximum absolute atomic E-state index is 12.5. The summed E-state index contributed by atoms with van der Waals surface area (Å²) in [5.74, 6) is -1.31. The van der Waals surface area contributed by atoms with E-state index in [0.717, 1.165) is 30.6 Å². The van der Waals surface area contributed by atoms with Gasteiger partial charge in [0, 0.05) is 37.7 Å². The van der Waals surface area contributed by atoms with Crippen LogP contribution in [0.4, 0.5) is 5.69 Å². The molecule has 0 saturated heterocycles. The Morgan fingerprint density at radius 2 is 1.77 bits per heavy atom. The molecule has 0 saturated carbocycles. The molecule has 2 aromatic carbocycles. The Labute approximate surface area is 182 Å². The normalized spacial score (nSPS) is 14.4. The zero-order chi connectivity index (χ0) is 21.6. The average molecular weight is 415 g/mol. The van der Waals surface area contributed by atoms with Gasteiger partial charge in [0.05, 0.1) is 6.04 Å². The van der Waals surface area contributed by atoms with E-state index in [2.05, 4.69) is 44.8 Å². The van der Waals surface area contributed by atoms with Crippen LogP contribution in [0.5, 0.6) is 0 Å². The Hall–Kier alpha value is -3.51.